The van der Waals surface area contributed by atoms with E-state index < -0.39 is 6.09 Å². The second kappa shape index (κ2) is 12.8. The molecule has 0 radical (unpaired) electrons. The molecule has 0 spiro atoms. The molecule has 2 aromatic heterocycles. The lowest BCUT2D eigenvalue weighted by atomic mass is 9.81. The van der Waals surface area contributed by atoms with Crippen LogP contribution >= 0.6 is 0 Å². The fraction of sp³-hybridized carbons (Fsp3) is 0.517. The summed E-state index contributed by atoms with van der Waals surface area (Å²) in [6, 6.07) is 5.64. The topological polar surface area (TPSA) is 116 Å². The molecule has 1 saturated carbocycles. The Morgan fingerprint density at radius 2 is 1.92 bits per heavy atom. The van der Waals surface area contributed by atoms with Gasteiger partial charge >= 0.3 is 12.2 Å². The largest absolute Gasteiger partial charge is 0.495 e. The smallest absolute Gasteiger partial charge is 0.412 e. The predicted molar refractivity (Wildman–Crippen MR) is 149 cm³/mol. The monoisotopic (exact) mass is 537 g/mol. The zero-order valence-corrected chi connectivity index (χ0v) is 23.5. The first-order valence-electron chi connectivity index (χ1n) is 13.7. The lowest BCUT2D eigenvalue weighted by Gasteiger charge is -2.27. The third-order valence-electron chi connectivity index (χ3n) is 7.41. The van der Waals surface area contributed by atoms with E-state index in [-0.39, 0.29) is 12.2 Å². The van der Waals surface area contributed by atoms with Gasteiger partial charge in [-0.2, -0.15) is 0 Å². The van der Waals surface area contributed by atoms with Crippen LogP contribution in [0.2, 0.25) is 0 Å². The highest BCUT2D eigenvalue weighted by molar-refractivity contribution is 5.89. The summed E-state index contributed by atoms with van der Waals surface area (Å²) >= 11 is 0. The molecule has 1 aliphatic carbocycles. The number of aryl methyl sites for hydroxylation is 1. The van der Waals surface area contributed by atoms with Crippen molar-refractivity contribution in [1.29, 1.82) is 0 Å². The van der Waals surface area contributed by atoms with Gasteiger partial charge in [0.25, 0.3) is 0 Å². The van der Waals surface area contributed by atoms with E-state index in [4.69, 9.17) is 19.2 Å². The summed E-state index contributed by atoms with van der Waals surface area (Å²) in [5.74, 6) is 2.26. The van der Waals surface area contributed by atoms with Crippen LogP contribution in [0, 0.1) is 12.8 Å². The molecule has 4 rings (SSSR count). The summed E-state index contributed by atoms with van der Waals surface area (Å²) in [4.78, 5) is 33.5. The molecule has 2 N–H and O–H groups in total. The Bertz CT molecular complexity index is 1300. The highest BCUT2D eigenvalue weighted by Gasteiger charge is 2.28. The van der Waals surface area contributed by atoms with Crippen LogP contribution in [0.1, 0.15) is 69.8 Å². The molecule has 2 amide bonds. The second-order valence-electron chi connectivity index (χ2n) is 10.2. The van der Waals surface area contributed by atoms with Crippen LogP contribution in [0.5, 0.6) is 5.75 Å². The van der Waals surface area contributed by atoms with Crippen LogP contribution in [-0.4, -0.2) is 53.4 Å². The van der Waals surface area contributed by atoms with Gasteiger partial charge in [-0.05, 0) is 64.0 Å². The van der Waals surface area contributed by atoms with Crippen molar-refractivity contribution in [3.63, 3.8) is 0 Å². The van der Waals surface area contributed by atoms with Crippen LogP contribution in [0.25, 0.3) is 16.8 Å². The number of aromatic nitrogens is 3. The first-order chi connectivity index (χ1) is 18.8. The number of carbonyl (C=O) groups is 2. The molecule has 2 heterocycles. The normalized spacial score (nSPS) is 17.9. The number of nitrogens with one attached hydrogen (secondary N) is 2. The molecule has 10 heteroatoms. The Morgan fingerprint density at radius 3 is 2.62 bits per heavy atom. The standard InChI is InChI=1S/C29H39N5O5/c1-6-7-18(2)39-29(36)32-23-13-12-22(16-24(23)37-4)25-26-19(3)30-14-15-34(26)27(33-25)21-10-8-20(9-11-21)17-31-28(35)38-5/h12-16,18,20-21H,6-11,17H2,1-5H3,(H,31,35)(H,32,36)/t18-,20?,21?/m0/s1. The van der Waals surface area contributed by atoms with Gasteiger partial charge in [-0.15, -0.1) is 0 Å². The minimum Gasteiger partial charge on any atom is -0.495 e. The lowest BCUT2D eigenvalue weighted by Crippen LogP contribution is -2.31. The highest BCUT2D eigenvalue weighted by atomic mass is 16.6. The number of hydrogen-bond donors (Lipinski definition) is 2. The molecule has 1 aliphatic rings. The SMILES string of the molecule is CCC[C@H](C)OC(=O)Nc1ccc(-c2nc(C3CCC(CNC(=O)OC)CC3)n3ccnc(C)c23)cc1OC. The van der Waals surface area contributed by atoms with E-state index in [1.807, 2.05) is 44.4 Å². The van der Waals surface area contributed by atoms with Crippen molar-refractivity contribution in [2.45, 2.75) is 71.3 Å². The number of alkyl carbamates (subject to hydrolysis) is 1. The van der Waals surface area contributed by atoms with Gasteiger partial charge in [0.1, 0.15) is 17.7 Å². The Labute approximate surface area is 229 Å². The van der Waals surface area contributed by atoms with Crippen molar-refractivity contribution >= 4 is 23.4 Å². The maximum atomic E-state index is 12.4. The van der Waals surface area contributed by atoms with E-state index in [1.165, 1.54) is 7.11 Å². The Hall–Kier alpha value is -3.82. The summed E-state index contributed by atoms with van der Waals surface area (Å²) in [7, 11) is 2.96. The molecule has 1 atom stereocenters. The minimum atomic E-state index is -0.505. The molecule has 210 valence electrons. The third kappa shape index (κ3) is 6.61. The third-order valence-corrected chi connectivity index (χ3v) is 7.41. The number of anilines is 1. The molecule has 1 aromatic carbocycles. The summed E-state index contributed by atoms with van der Waals surface area (Å²) in [5, 5.41) is 5.63. The van der Waals surface area contributed by atoms with E-state index in [2.05, 4.69) is 26.9 Å². The zero-order chi connectivity index (χ0) is 27.9. The predicted octanol–water partition coefficient (Wildman–Crippen LogP) is 6.08. The fourth-order valence-corrected chi connectivity index (χ4v) is 5.36. The summed E-state index contributed by atoms with van der Waals surface area (Å²) in [6.45, 7) is 6.55. The van der Waals surface area contributed by atoms with E-state index >= 15 is 0 Å². The van der Waals surface area contributed by atoms with Crippen molar-refractivity contribution in [3.05, 3.63) is 42.1 Å². The number of nitrogens with zero attached hydrogens (tertiary/aromatic N) is 3. The van der Waals surface area contributed by atoms with Gasteiger partial charge in [-0.1, -0.05) is 19.4 Å². The van der Waals surface area contributed by atoms with Gasteiger partial charge < -0.3 is 19.5 Å². The van der Waals surface area contributed by atoms with Crippen LogP contribution in [-0.2, 0) is 9.47 Å². The molecule has 1 fully saturated rings. The molecule has 39 heavy (non-hydrogen) atoms. The molecular formula is C29H39N5O5. The number of imidazole rings is 1. The van der Waals surface area contributed by atoms with Gasteiger partial charge in [-0.3, -0.25) is 14.7 Å². The molecule has 3 aromatic rings. The number of methoxy groups -OCH3 is 2. The van der Waals surface area contributed by atoms with Crippen LogP contribution in [0.4, 0.5) is 15.3 Å². The number of hydrogen-bond acceptors (Lipinski definition) is 7. The van der Waals surface area contributed by atoms with Crippen molar-refractivity contribution in [2.75, 3.05) is 26.1 Å². The van der Waals surface area contributed by atoms with Crippen molar-refractivity contribution in [2.24, 2.45) is 5.92 Å². The maximum Gasteiger partial charge on any atom is 0.412 e. The summed E-state index contributed by atoms with van der Waals surface area (Å²) in [6.07, 6.45) is 8.45. The molecule has 0 bridgehead atoms. The maximum absolute atomic E-state index is 12.4. The molecule has 0 unspecified atom stereocenters. The first kappa shape index (κ1) is 28.2. The Kier molecular flexibility index (Phi) is 9.27. The van der Waals surface area contributed by atoms with Gasteiger partial charge in [0, 0.05) is 30.4 Å². The van der Waals surface area contributed by atoms with E-state index in [0.29, 0.717) is 29.8 Å². The molecule has 0 saturated heterocycles. The van der Waals surface area contributed by atoms with Gasteiger partial charge in [0.05, 0.1) is 36.8 Å². The average Bonchev–Trinajstić information content (AvgIpc) is 3.33. The first-order valence-corrected chi connectivity index (χ1v) is 13.7. The second-order valence-corrected chi connectivity index (χ2v) is 10.2. The molecule has 10 nitrogen and oxygen atoms in total. The fourth-order valence-electron chi connectivity index (χ4n) is 5.36. The zero-order valence-electron chi connectivity index (χ0n) is 23.5. The van der Waals surface area contributed by atoms with Crippen LogP contribution in [0.3, 0.4) is 0 Å². The van der Waals surface area contributed by atoms with E-state index in [1.54, 1.807) is 7.11 Å². The van der Waals surface area contributed by atoms with Crippen molar-refractivity contribution in [3.8, 4) is 17.0 Å². The van der Waals surface area contributed by atoms with E-state index in [0.717, 1.165) is 66.8 Å². The number of rotatable bonds is 9. The van der Waals surface area contributed by atoms with Crippen LogP contribution < -0.4 is 15.4 Å². The van der Waals surface area contributed by atoms with Gasteiger partial charge in [0.15, 0.2) is 0 Å². The highest BCUT2D eigenvalue weighted by Crippen LogP contribution is 2.39. The molecular weight excluding hydrogens is 498 g/mol. The number of fused-ring (bicyclic) bond motifs is 1. The quantitative estimate of drug-likeness (QED) is 0.340. The number of carbonyl (C=O) groups excluding carboxylic acids is 2. The average molecular weight is 538 g/mol. The number of amides is 2. The summed E-state index contributed by atoms with van der Waals surface area (Å²) in [5.41, 5.74) is 4.08. The Morgan fingerprint density at radius 1 is 1.15 bits per heavy atom. The van der Waals surface area contributed by atoms with E-state index in [9.17, 15) is 9.59 Å². The van der Waals surface area contributed by atoms with Crippen molar-refractivity contribution in [1.82, 2.24) is 19.7 Å². The summed E-state index contributed by atoms with van der Waals surface area (Å²) < 4.78 is 17.9. The van der Waals surface area contributed by atoms with Crippen LogP contribution in [0.15, 0.2) is 30.6 Å². The van der Waals surface area contributed by atoms with Gasteiger partial charge in [-0.25, -0.2) is 14.6 Å². The molecule has 0 aliphatic heterocycles. The van der Waals surface area contributed by atoms with Crippen molar-refractivity contribution < 1.29 is 23.8 Å². The number of benzene rings is 1. The number of ether oxygens (including phenoxy) is 3. The van der Waals surface area contributed by atoms with Gasteiger partial charge in [0.2, 0.25) is 0 Å². The minimum absolute atomic E-state index is 0.162. The lowest BCUT2D eigenvalue weighted by molar-refractivity contribution is 0.115. The Balaban J connectivity index is 1.57.